The highest BCUT2D eigenvalue weighted by atomic mass is 32.2. The Morgan fingerprint density at radius 1 is 1.62 bits per heavy atom. The fraction of sp³-hybridized carbons (Fsp3) is 0.500. The zero-order chi connectivity index (χ0) is 11.5. The molecule has 0 amide bonds. The van der Waals surface area contributed by atoms with Crippen LogP contribution in [-0.2, 0) is 4.74 Å². The van der Waals surface area contributed by atoms with Crippen molar-refractivity contribution in [3.63, 3.8) is 0 Å². The number of aromatic amines is 1. The fourth-order valence-electron chi connectivity index (χ4n) is 1.43. The van der Waals surface area contributed by atoms with Gasteiger partial charge < -0.3 is 9.72 Å². The van der Waals surface area contributed by atoms with Crippen LogP contribution in [0.3, 0.4) is 0 Å². The van der Waals surface area contributed by atoms with Crippen LogP contribution in [0, 0.1) is 6.92 Å². The average Bonchev–Trinajstić information content (AvgIpc) is 2.60. The van der Waals surface area contributed by atoms with Crippen molar-refractivity contribution in [2.45, 2.75) is 25.0 Å². The monoisotopic (exact) mass is 239 g/mol. The van der Waals surface area contributed by atoms with Gasteiger partial charge in [0, 0.05) is 24.4 Å². The zero-order valence-electron chi connectivity index (χ0n) is 9.19. The van der Waals surface area contributed by atoms with Crippen molar-refractivity contribution < 1.29 is 4.74 Å². The fourth-order valence-corrected chi connectivity index (χ4v) is 2.33. The summed E-state index contributed by atoms with van der Waals surface area (Å²) >= 11 is 1.49. The third-order valence-electron chi connectivity index (χ3n) is 2.11. The molecule has 5 nitrogen and oxygen atoms in total. The third-order valence-corrected chi connectivity index (χ3v) is 3.13. The number of H-pyrrole nitrogens is 1. The van der Waals surface area contributed by atoms with Crippen LogP contribution >= 0.6 is 11.8 Å². The van der Waals surface area contributed by atoms with Crippen molar-refractivity contribution in [3.05, 3.63) is 22.1 Å². The molecule has 0 aliphatic carbocycles. The van der Waals surface area contributed by atoms with Crippen LogP contribution in [-0.4, -0.2) is 34.3 Å². The molecular weight excluding hydrogens is 226 g/mol. The molecule has 0 aromatic carbocycles. The Hall–Kier alpha value is -1.30. The summed E-state index contributed by atoms with van der Waals surface area (Å²) in [6.45, 7) is 4.27. The van der Waals surface area contributed by atoms with Crippen LogP contribution in [0.5, 0.6) is 0 Å². The SMILES string of the molecule is CC1=NC(CSc2nc(C)cc(=O)[nH]2)CO1. The van der Waals surface area contributed by atoms with Gasteiger partial charge in [0.25, 0.3) is 5.56 Å². The highest BCUT2D eigenvalue weighted by Gasteiger charge is 2.16. The number of aliphatic imine (C=N–C) groups is 1. The van der Waals surface area contributed by atoms with E-state index in [1.807, 2.05) is 6.92 Å². The van der Waals surface area contributed by atoms with Crippen molar-refractivity contribution in [2.75, 3.05) is 12.4 Å². The van der Waals surface area contributed by atoms with Crippen LogP contribution in [0.25, 0.3) is 0 Å². The van der Waals surface area contributed by atoms with E-state index in [9.17, 15) is 4.79 Å². The number of aromatic nitrogens is 2. The molecule has 2 heterocycles. The van der Waals surface area contributed by atoms with E-state index in [-0.39, 0.29) is 11.6 Å². The van der Waals surface area contributed by atoms with Crippen LogP contribution in [0.2, 0.25) is 0 Å². The molecule has 1 N–H and O–H groups in total. The van der Waals surface area contributed by atoms with E-state index in [4.69, 9.17) is 4.74 Å². The Morgan fingerprint density at radius 2 is 2.44 bits per heavy atom. The quantitative estimate of drug-likeness (QED) is 0.631. The van der Waals surface area contributed by atoms with Gasteiger partial charge in [0.05, 0.1) is 6.04 Å². The molecule has 1 atom stereocenters. The van der Waals surface area contributed by atoms with Gasteiger partial charge in [-0.2, -0.15) is 0 Å². The van der Waals surface area contributed by atoms with E-state index in [1.54, 1.807) is 6.92 Å². The number of nitrogens with one attached hydrogen (secondary N) is 1. The molecule has 0 saturated carbocycles. The summed E-state index contributed by atoms with van der Waals surface area (Å²) in [5, 5.41) is 0.643. The molecule has 0 radical (unpaired) electrons. The molecule has 6 heteroatoms. The molecule has 86 valence electrons. The normalized spacial score (nSPS) is 19.4. The second-order valence-corrected chi connectivity index (χ2v) is 4.62. The van der Waals surface area contributed by atoms with Crippen LogP contribution < -0.4 is 5.56 Å². The lowest BCUT2D eigenvalue weighted by molar-refractivity contribution is 0.322. The van der Waals surface area contributed by atoms with Crippen molar-refractivity contribution >= 4 is 17.7 Å². The first kappa shape index (κ1) is 11.2. The van der Waals surface area contributed by atoms with Gasteiger partial charge in [-0.05, 0) is 6.92 Å². The van der Waals surface area contributed by atoms with Crippen molar-refractivity contribution in [2.24, 2.45) is 4.99 Å². The summed E-state index contributed by atoms with van der Waals surface area (Å²) in [6.07, 6.45) is 0. The predicted molar refractivity (Wildman–Crippen MR) is 63.2 cm³/mol. The number of aryl methyl sites for hydroxylation is 1. The third kappa shape index (κ3) is 2.85. The summed E-state index contributed by atoms with van der Waals surface area (Å²) in [4.78, 5) is 22.4. The molecule has 0 bridgehead atoms. The second-order valence-electron chi connectivity index (χ2n) is 3.62. The minimum atomic E-state index is -0.114. The Kier molecular flexibility index (Phi) is 3.28. The molecule has 0 saturated heterocycles. The molecular formula is C10H13N3O2S. The Bertz CT molecular complexity index is 469. The van der Waals surface area contributed by atoms with Crippen LogP contribution in [0.1, 0.15) is 12.6 Å². The maximum absolute atomic E-state index is 11.2. The lowest BCUT2D eigenvalue weighted by atomic mass is 10.4. The molecule has 1 aliphatic rings. The van der Waals surface area contributed by atoms with Gasteiger partial charge in [-0.3, -0.25) is 4.79 Å². The molecule has 1 aromatic rings. The Morgan fingerprint density at radius 3 is 3.06 bits per heavy atom. The molecule has 1 unspecified atom stereocenters. The van der Waals surface area contributed by atoms with Gasteiger partial charge in [0.1, 0.15) is 6.61 Å². The summed E-state index contributed by atoms with van der Waals surface area (Å²) in [5.41, 5.74) is 0.617. The number of nitrogens with zero attached hydrogens (tertiary/aromatic N) is 2. The standard InChI is InChI=1S/C10H13N3O2S/c1-6-3-9(14)13-10(11-6)16-5-8-4-15-7(2)12-8/h3,8H,4-5H2,1-2H3,(H,11,13,14). The van der Waals surface area contributed by atoms with E-state index < -0.39 is 0 Å². The van der Waals surface area contributed by atoms with Crippen molar-refractivity contribution in [3.8, 4) is 0 Å². The van der Waals surface area contributed by atoms with Crippen molar-refractivity contribution in [1.82, 2.24) is 9.97 Å². The van der Waals surface area contributed by atoms with Gasteiger partial charge in [-0.25, -0.2) is 9.98 Å². The number of hydrogen-bond acceptors (Lipinski definition) is 5. The number of thioether (sulfide) groups is 1. The number of ether oxygens (including phenoxy) is 1. The predicted octanol–water partition coefficient (Wildman–Crippen LogP) is 0.988. The van der Waals surface area contributed by atoms with Crippen molar-refractivity contribution in [1.29, 1.82) is 0 Å². The topological polar surface area (TPSA) is 67.3 Å². The average molecular weight is 239 g/mol. The lowest BCUT2D eigenvalue weighted by Crippen LogP contribution is -2.12. The Balaban J connectivity index is 1.97. The van der Waals surface area contributed by atoms with E-state index in [2.05, 4.69) is 15.0 Å². The van der Waals surface area contributed by atoms with E-state index in [0.717, 1.165) is 17.3 Å². The highest BCUT2D eigenvalue weighted by molar-refractivity contribution is 7.99. The minimum absolute atomic E-state index is 0.114. The largest absolute Gasteiger partial charge is 0.479 e. The maximum atomic E-state index is 11.2. The van der Waals surface area contributed by atoms with Crippen LogP contribution in [0.4, 0.5) is 0 Å². The lowest BCUT2D eigenvalue weighted by Gasteiger charge is -2.04. The minimum Gasteiger partial charge on any atom is -0.479 e. The maximum Gasteiger partial charge on any atom is 0.251 e. The van der Waals surface area contributed by atoms with Gasteiger partial charge in [0.2, 0.25) is 0 Å². The first-order valence-electron chi connectivity index (χ1n) is 5.01. The van der Waals surface area contributed by atoms with Gasteiger partial charge >= 0.3 is 0 Å². The van der Waals surface area contributed by atoms with Gasteiger partial charge in [-0.15, -0.1) is 0 Å². The van der Waals surface area contributed by atoms with Gasteiger partial charge in [0.15, 0.2) is 11.1 Å². The van der Waals surface area contributed by atoms with Crippen LogP contribution in [0.15, 0.2) is 21.0 Å². The van der Waals surface area contributed by atoms with Gasteiger partial charge in [-0.1, -0.05) is 11.8 Å². The summed E-state index contributed by atoms with van der Waals surface area (Å²) in [5.74, 6) is 1.50. The first-order valence-corrected chi connectivity index (χ1v) is 6.00. The molecule has 0 fully saturated rings. The zero-order valence-corrected chi connectivity index (χ0v) is 10.0. The summed E-state index contributed by atoms with van der Waals surface area (Å²) in [7, 11) is 0. The number of hydrogen-bond donors (Lipinski definition) is 1. The van der Waals surface area contributed by atoms with E-state index >= 15 is 0 Å². The van der Waals surface area contributed by atoms with E-state index in [0.29, 0.717) is 11.8 Å². The number of rotatable bonds is 3. The first-order chi connectivity index (χ1) is 7.63. The summed E-state index contributed by atoms with van der Waals surface area (Å²) in [6, 6.07) is 1.64. The molecule has 0 spiro atoms. The highest BCUT2D eigenvalue weighted by Crippen LogP contribution is 2.16. The molecule has 1 aliphatic heterocycles. The summed E-state index contributed by atoms with van der Waals surface area (Å²) < 4.78 is 5.25. The van der Waals surface area contributed by atoms with E-state index in [1.165, 1.54) is 17.8 Å². The smallest absolute Gasteiger partial charge is 0.251 e. The Labute approximate surface area is 97.3 Å². The second kappa shape index (κ2) is 4.69. The molecule has 16 heavy (non-hydrogen) atoms. The molecule has 2 rings (SSSR count). The molecule has 1 aromatic heterocycles.